The molecule has 0 spiro atoms. The van der Waals surface area contributed by atoms with Gasteiger partial charge in [0.05, 0.1) is 22.5 Å². The number of aryl methyl sites for hydroxylation is 2. The third-order valence-electron chi connectivity index (χ3n) is 4.53. The first kappa shape index (κ1) is 17.0. The van der Waals surface area contributed by atoms with Crippen molar-refractivity contribution in [3.8, 4) is 0 Å². The van der Waals surface area contributed by atoms with E-state index in [-0.39, 0.29) is 23.3 Å². The fourth-order valence-electron chi connectivity index (χ4n) is 3.24. The summed E-state index contributed by atoms with van der Waals surface area (Å²) < 4.78 is 25.0. The van der Waals surface area contributed by atoms with Gasteiger partial charge >= 0.3 is 0 Å². The minimum absolute atomic E-state index is 0.0425. The Morgan fingerprint density at radius 3 is 2.88 bits per heavy atom. The van der Waals surface area contributed by atoms with Crippen molar-refractivity contribution in [2.24, 2.45) is 5.92 Å². The molecule has 1 fully saturated rings. The van der Waals surface area contributed by atoms with E-state index in [9.17, 15) is 13.2 Å². The van der Waals surface area contributed by atoms with E-state index in [1.807, 2.05) is 24.3 Å². The van der Waals surface area contributed by atoms with Gasteiger partial charge in [-0.25, -0.2) is 13.4 Å². The monoisotopic (exact) mass is 349 g/mol. The van der Waals surface area contributed by atoms with Crippen molar-refractivity contribution in [2.75, 3.05) is 18.1 Å². The minimum Gasteiger partial charge on any atom is -0.356 e. The Labute approximate surface area is 142 Å². The van der Waals surface area contributed by atoms with Gasteiger partial charge in [0.2, 0.25) is 5.91 Å². The number of hydrogen-bond acceptors (Lipinski definition) is 4. The molecule has 1 aliphatic rings. The largest absolute Gasteiger partial charge is 0.356 e. The summed E-state index contributed by atoms with van der Waals surface area (Å²) in [4.78, 5) is 16.7. The highest BCUT2D eigenvalue weighted by atomic mass is 32.2. The van der Waals surface area contributed by atoms with Gasteiger partial charge in [-0.05, 0) is 24.5 Å². The number of para-hydroxylation sites is 2. The molecule has 1 atom stereocenters. The SMILES string of the molecule is CCc1nc2ccccc2n1CCC(=O)NC[C@H]1CCS(=O)(=O)C1. The highest BCUT2D eigenvalue weighted by Crippen LogP contribution is 2.18. The van der Waals surface area contributed by atoms with E-state index in [1.54, 1.807) is 0 Å². The number of amides is 1. The molecule has 1 aliphatic heterocycles. The lowest BCUT2D eigenvalue weighted by Crippen LogP contribution is -2.30. The number of hydrogen-bond donors (Lipinski definition) is 1. The second-order valence-corrected chi connectivity index (χ2v) is 8.57. The quantitative estimate of drug-likeness (QED) is 0.858. The van der Waals surface area contributed by atoms with Crippen LogP contribution < -0.4 is 5.32 Å². The van der Waals surface area contributed by atoms with Crippen LogP contribution in [0.5, 0.6) is 0 Å². The van der Waals surface area contributed by atoms with Crippen molar-refractivity contribution in [1.29, 1.82) is 0 Å². The zero-order valence-corrected chi connectivity index (χ0v) is 14.7. The number of sulfone groups is 1. The van der Waals surface area contributed by atoms with Gasteiger partial charge < -0.3 is 9.88 Å². The number of benzene rings is 1. The Morgan fingerprint density at radius 2 is 2.17 bits per heavy atom. The van der Waals surface area contributed by atoms with Crippen molar-refractivity contribution < 1.29 is 13.2 Å². The average Bonchev–Trinajstić information content (AvgIpc) is 3.10. The lowest BCUT2D eigenvalue weighted by Gasteiger charge is -2.11. The summed E-state index contributed by atoms with van der Waals surface area (Å²) in [5.74, 6) is 1.43. The van der Waals surface area contributed by atoms with Crippen molar-refractivity contribution >= 4 is 26.8 Å². The third-order valence-corrected chi connectivity index (χ3v) is 6.36. The Bertz CT molecular complexity index is 842. The Kier molecular flexibility index (Phi) is 4.89. The van der Waals surface area contributed by atoms with Gasteiger partial charge in [-0.1, -0.05) is 19.1 Å². The number of carbonyl (C=O) groups excluding carboxylic acids is 1. The first-order valence-corrected chi connectivity index (χ1v) is 10.2. The highest BCUT2D eigenvalue weighted by Gasteiger charge is 2.27. The number of aromatic nitrogens is 2. The molecule has 130 valence electrons. The van der Waals surface area contributed by atoms with Gasteiger partial charge in [-0.3, -0.25) is 4.79 Å². The van der Waals surface area contributed by atoms with Crippen molar-refractivity contribution in [1.82, 2.24) is 14.9 Å². The highest BCUT2D eigenvalue weighted by molar-refractivity contribution is 7.91. The summed E-state index contributed by atoms with van der Waals surface area (Å²) in [6, 6.07) is 7.93. The smallest absolute Gasteiger partial charge is 0.221 e. The summed E-state index contributed by atoms with van der Waals surface area (Å²) in [6.45, 7) is 3.08. The molecule has 2 aromatic rings. The number of imidazole rings is 1. The molecule has 0 bridgehead atoms. The predicted octanol–water partition coefficient (Wildman–Crippen LogP) is 1.54. The molecule has 1 saturated heterocycles. The average molecular weight is 349 g/mol. The van der Waals surface area contributed by atoms with Gasteiger partial charge in [0.15, 0.2) is 9.84 Å². The molecule has 7 heteroatoms. The van der Waals surface area contributed by atoms with E-state index in [0.29, 0.717) is 25.9 Å². The molecule has 0 saturated carbocycles. The fraction of sp³-hybridized carbons (Fsp3) is 0.529. The summed E-state index contributed by atoms with van der Waals surface area (Å²) in [5, 5.41) is 2.87. The number of nitrogens with one attached hydrogen (secondary N) is 1. The van der Waals surface area contributed by atoms with Crippen LogP contribution in [0, 0.1) is 5.92 Å². The summed E-state index contributed by atoms with van der Waals surface area (Å²) >= 11 is 0. The second-order valence-electron chi connectivity index (χ2n) is 6.35. The standard InChI is InChI=1S/C17H23N3O3S/c1-2-16-19-14-5-3-4-6-15(14)20(16)9-7-17(21)18-11-13-8-10-24(22,23)12-13/h3-6,13H,2,7-12H2,1H3,(H,18,21)/t13-/m1/s1. The first-order valence-electron chi connectivity index (χ1n) is 8.40. The van der Waals surface area contributed by atoms with E-state index in [2.05, 4.69) is 21.8 Å². The van der Waals surface area contributed by atoms with Crippen LogP contribution in [0.25, 0.3) is 11.0 Å². The Morgan fingerprint density at radius 1 is 1.38 bits per heavy atom. The van der Waals surface area contributed by atoms with E-state index in [4.69, 9.17) is 0 Å². The first-order chi connectivity index (χ1) is 11.5. The molecule has 0 unspecified atom stereocenters. The van der Waals surface area contributed by atoms with Gasteiger partial charge in [-0.15, -0.1) is 0 Å². The lowest BCUT2D eigenvalue weighted by molar-refractivity contribution is -0.121. The number of fused-ring (bicyclic) bond motifs is 1. The number of carbonyl (C=O) groups is 1. The maximum absolute atomic E-state index is 12.1. The van der Waals surface area contributed by atoms with Crippen molar-refractivity contribution in [3.05, 3.63) is 30.1 Å². The molecule has 0 aliphatic carbocycles. The fourth-order valence-corrected chi connectivity index (χ4v) is 5.10. The molecule has 24 heavy (non-hydrogen) atoms. The Balaban J connectivity index is 1.57. The summed E-state index contributed by atoms with van der Waals surface area (Å²) in [5.41, 5.74) is 2.00. The maximum Gasteiger partial charge on any atom is 0.221 e. The van der Waals surface area contributed by atoms with Crippen LogP contribution in [-0.4, -0.2) is 41.9 Å². The summed E-state index contributed by atoms with van der Waals surface area (Å²) in [7, 11) is -2.89. The lowest BCUT2D eigenvalue weighted by atomic mass is 10.1. The Hall–Kier alpha value is -1.89. The molecule has 1 amide bonds. The van der Waals surface area contributed by atoms with Crippen LogP contribution >= 0.6 is 0 Å². The topological polar surface area (TPSA) is 81.1 Å². The van der Waals surface area contributed by atoms with Gasteiger partial charge in [0.1, 0.15) is 5.82 Å². The van der Waals surface area contributed by atoms with Gasteiger partial charge in [0, 0.05) is 25.9 Å². The molecule has 6 nitrogen and oxygen atoms in total. The third kappa shape index (κ3) is 3.77. The van der Waals surface area contributed by atoms with Crippen LogP contribution in [0.2, 0.25) is 0 Å². The van der Waals surface area contributed by atoms with E-state index in [1.165, 1.54) is 0 Å². The molecule has 1 N–H and O–H groups in total. The zero-order chi connectivity index (χ0) is 17.2. The number of nitrogens with zero attached hydrogens (tertiary/aromatic N) is 2. The molecule has 0 radical (unpaired) electrons. The van der Waals surface area contributed by atoms with Crippen LogP contribution in [-0.2, 0) is 27.6 Å². The maximum atomic E-state index is 12.1. The molecule has 3 rings (SSSR count). The van der Waals surface area contributed by atoms with Crippen LogP contribution in [0.3, 0.4) is 0 Å². The predicted molar refractivity (Wildman–Crippen MR) is 93.5 cm³/mol. The molecule has 2 heterocycles. The van der Waals surface area contributed by atoms with Crippen molar-refractivity contribution in [3.63, 3.8) is 0 Å². The van der Waals surface area contributed by atoms with E-state index in [0.717, 1.165) is 23.3 Å². The minimum atomic E-state index is -2.89. The zero-order valence-electron chi connectivity index (χ0n) is 13.9. The van der Waals surface area contributed by atoms with Crippen LogP contribution in [0.15, 0.2) is 24.3 Å². The second kappa shape index (κ2) is 6.93. The van der Waals surface area contributed by atoms with E-state index >= 15 is 0 Å². The van der Waals surface area contributed by atoms with Gasteiger partial charge in [0.25, 0.3) is 0 Å². The van der Waals surface area contributed by atoms with Crippen LogP contribution in [0.4, 0.5) is 0 Å². The number of rotatable bonds is 6. The van der Waals surface area contributed by atoms with Crippen LogP contribution in [0.1, 0.15) is 25.6 Å². The van der Waals surface area contributed by atoms with E-state index < -0.39 is 9.84 Å². The summed E-state index contributed by atoms with van der Waals surface area (Å²) in [6.07, 6.45) is 1.83. The molecular formula is C17H23N3O3S. The molecule has 1 aromatic heterocycles. The normalized spacial score (nSPS) is 19.6. The molecular weight excluding hydrogens is 326 g/mol. The molecule has 1 aromatic carbocycles. The van der Waals surface area contributed by atoms with Crippen molar-refractivity contribution in [2.45, 2.75) is 32.7 Å². The van der Waals surface area contributed by atoms with Gasteiger partial charge in [-0.2, -0.15) is 0 Å².